The first-order valence-electron chi connectivity index (χ1n) is 10.0. The molecule has 0 unspecified atom stereocenters. The molecular formula is C19H36N6O. The van der Waals surface area contributed by atoms with Crippen LogP contribution in [0, 0.1) is 0 Å². The molecule has 7 heteroatoms. The SMILES string of the molecule is CCNC(=NCC(C)(C)N1CCCCC1)NCCc1nc(C(C)C)no1. The Morgan fingerprint density at radius 3 is 2.58 bits per heavy atom. The van der Waals surface area contributed by atoms with Gasteiger partial charge >= 0.3 is 0 Å². The third kappa shape index (κ3) is 6.27. The van der Waals surface area contributed by atoms with Gasteiger partial charge in [-0.2, -0.15) is 4.98 Å². The second kappa shape index (κ2) is 9.90. The summed E-state index contributed by atoms with van der Waals surface area (Å²) in [6.07, 6.45) is 4.65. The van der Waals surface area contributed by atoms with Gasteiger partial charge in [-0.15, -0.1) is 0 Å². The Hall–Kier alpha value is -1.63. The minimum Gasteiger partial charge on any atom is -0.357 e. The van der Waals surface area contributed by atoms with Crippen molar-refractivity contribution >= 4 is 5.96 Å². The van der Waals surface area contributed by atoms with Crippen molar-refractivity contribution in [3.05, 3.63) is 11.7 Å². The Balaban J connectivity index is 1.85. The molecule has 2 heterocycles. The van der Waals surface area contributed by atoms with Gasteiger partial charge in [0.25, 0.3) is 0 Å². The molecule has 0 aliphatic carbocycles. The molecule has 0 amide bonds. The highest BCUT2D eigenvalue weighted by Crippen LogP contribution is 2.20. The van der Waals surface area contributed by atoms with Crippen molar-refractivity contribution in [2.45, 2.75) is 71.8 Å². The highest BCUT2D eigenvalue weighted by atomic mass is 16.5. The summed E-state index contributed by atoms with van der Waals surface area (Å²) < 4.78 is 5.29. The summed E-state index contributed by atoms with van der Waals surface area (Å²) in [6, 6.07) is 0. The smallest absolute Gasteiger partial charge is 0.228 e. The molecule has 0 atom stereocenters. The molecule has 7 nitrogen and oxygen atoms in total. The Bertz CT molecular complexity index is 560. The van der Waals surface area contributed by atoms with E-state index in [4.69, 9.17) is 9.52 Å². The number of nitrogens with zero attached hydrogens (tertiary/aromatic N) is 4. The third-order valence-corrected chi connectivity index (χ3v) is 4.81. The van der Waals surface area contributed by atoms with Crippen molar-refractivity contribution in [3.63, 3.8) is 0 Å². The normalized spacial score (nSPS) is 16.9. The maximum absolute atomic E-state index is 5.29. The lowest BCUT2D eigenvalue weighted by Gasteiger charge is -2.40. The molecule has 1 aromatic rings. The lowest BCUT2D eigenvalue weighted by molar-refractivity contribution is 0.102. The molecule has 1 aliphatic heterocycles. The summed E-state index contributed by atoms with van der Waals surface area (Å²) >= 11 is 0. The van der Waals surface area contributed by atoms with Gasteiger partial charge in [0.15, 0.2) is 11.8 Å². The van der Waals surface area contributed by atoms with E-state index in [0.717, 1.165) is 31.4 Å². The van der Waals surface area contributed by atoms with Crippen molar-refractivity contribution in [3.8, 4) is 0 Å². The zero-order valence-electron chi connectivity index (χ0n) is 17.1. The van der Waals surface area contributed by atoms with Crippen LogP contribution in [0.5, 0.6) is 0 Å². The summed E-state index contributed by atoms with van der Waals surface area (Å²) in [5, 5.41) is 10.7. The predicted octanol–water partition coefficient (Wildman–Crippen LogP) is 2.56. The predicted molar refractivity (Wildman–Crippen MR) is 106 cm³/mol. The van der Waals surface area contributed by atoms with Crippen LogP contribution in [0.15, 0.2) is 9.52 Å². The number of hydrogen-bond acceptors (Lipinski definition) is 5. The van der Waals surface area contributed by atoms with E-state index in [0.29, 0.717) is 12.3 Å². The molecule has 1 fully saturated rings. The van der Waals surface area contributed by atoms with Crippen LogP contribution in [-0.2, 0) is 6.42 Å². The van der Waals surface area contributed by atoms with Gasteiger partial charge in [0.2, 0.25) is 5.89 Å². The van der Waals surface area contributed by atoms with Crippen LogP contribution < -0.4 is 10.6 Å². The van der Waals surface area contributed by atoms with Gasteiger partial charge in [0, 0.05) is 31.0 Å². The monoisotopic (exact) mass is 364 g/mol. The molecule has 0 spiro atoms. The average molecular weight is 365 g/mol. The fourth-order valence-electron chi connectivity index (χ4n) is 3.11. The molecular weight excluding hydrogens is 328 g/mol. The van der Waals surface area contributed by atoms with Gasteiger partial charge in [-0.3, -0.25) is 9.89 Å². The minimum atomic E-state index is 0.0847. The van der Waals surface area contributed by atoms with E-state index < -0.39 is 0 Å². The van der Waals surface area contributed by atoms with Crippen molar-refractivity contribution in [1.82, 2.24) is 25.7 Å². The average Bonchev–Trinajstić information content (AvgIpc) is 3.10. The molecule has 0 saturated carbocycles. The van der Waals surface area contributed by atoms with Crippen LogP contribution in [0.1, 0.15) is 71.5 Å². The number of aliphatic imine (C=N–C) groups is 1. The van der Waals surface area contributed by atoms with Crippen molar-refractivity contribution in [1.29, 1.82) is 0 Å². The van der Waals surface area contributed by atoms with Crippen LogP contribution in [-0.4, -0.2) is 59.3 Å². The van der Waals surface area contributed by atoms with Gasteiger partial charge in [-0.05, 0) is 46.7 Å². The first-order chi connectivity index (χ1) is 12.4. The van der Waals surface area contributed by atoms with Gasteiger partial charge in [0.05, 0.1) is 6.54 Å². The van der Waals surface area contributed by atoms with Crippen molar-refractivity contribution < 1.29 is 4.52 Å². The summed E-state index contributed by atoms with van der Waals surface area (Å²) in [5.74, 6) is 2.58. The Labute approximate surface area is 158 Å². The van der Waals surface area contributed by atoms with E-state index in [1.54, 1.807) is 0 Å². The molecule has 0 bridgehead atoms. The molecule has 148 valence electrons. The summed E-state index contributed by atoms with van der Waals surface area (Å²) in [6.45, 7) is 15.5. The Morgan fingerprint density at radius 1 is 1.23 bits per heavy atom. The van der Waals surface area contributed by atoms with Crippen LogP contribution in [0.4, 0.5) is 0 Å². The zero-order valence-corrected chi connectivity index (χ0v) is 17.1. The Morgan fingerprint density at radius 2 is 1.96 bits per heavy atom. The summed E-state index contributed by atoms with van der Waals surface area (Å²) in [4.78, 5) is 11.8. The summed E-state index contributed by atoms with van der Waals surface area (Å²) in [5.41, 5.74) is 0.0847. The fourth-order valence-corrected chi connectivity index (χ4v) is 3.11. The standard InChI is InChI=1S/C19H36N6O/c1-6-20-18(21-11-10-16-23-17(15(2)3)24-26-16)22-14-19(4,5)25-12-8-7-9-13-25/h15H,6-14H2,1-5H3,(H2,20,21,22). The number of piperidine rings is 1. The van der Waals surface area contributed by atoms with E-state index in [2.05, 4.69) is 60.3 Å². The molecule has 1 aromatic heterocycles. The first-order valence-corrected chi connectivity index (χ1v) is 10.0. The molecule has 1 aliphatic rings. The van der Waals surface area contributed by atoms with E-state index in [9.17, 15) is 0 Å². The quantitative estimate of drug-likeness (QED) is 0.545. The number of hydrogen-bond donors (Lipinski definition) is 2. The molecule has 0 aromatic carbocycles. The van der Waals surface area contributed by atoms with E-state index in [1.165, 1.54) is 32.4 Å². The molecule has 2 rings (SSSR count). The second-order valence-corrected chi connectivity index (χ2v) is 7.93. The Kier molecular flexibility index (Phi) is 7.87. The lowest BCUT2D eigenvalue weighted by Crippen LogP contribution is -2.49. The number of likely N-dealkylation sites (tertiary alicyclic amines) is 1. The number of aromatic nitrogens is 2. The maximum Gasteiger partial charge on any atom is 0.228 e. The van der Waals surface area contributed by atoms with Gasteiger partial charge in [-0.25, -0.2) is 0 Å². The first kappa shape index (κ1) is 20.7. The topological polar surface area (TPSA) is 78.6 Å². The molecule has 1 saturated heterocycles. The van der Waals surface area contributed by atoms with Gasteiger partial charge in [0.1, 0.15) is 0 Å². The van der Waals surface area contributed by atoms with Crippen LogP contribution in [0.2, 0.25) is 0 Å². The fraction of sp³-hybridized carbons (Fsp3) is 0.842. The third-order valence-electron chi connectivity index (χ3n) is 4.81. The van der Waals surface area contributed by atoms with E-state index in [-0.39, 0.29) is 11.5 Å². The van der Waals surface area contributed by atoms with Crippen molar-refractivity contribution in [2.75, 3.05) is 32.7 Å². The highest BCUT2D eigenvalue weighted by molar-refractivity contribution is 5.79. The van der Waals surface area contributed by atoms with Crippen LogP contribution >= 0.6 is 0 Å². The lowest BCUT2D eigenvalue weighted by atomic mass is 9.99. The zero-order chi connectivity index (χ0) is 19.0. The largest absolute Gasteiger partial charge is 0.357 e. The molecule has 0 radical (unpaired) electrons. The van der Waals surface area contributed by atoms with Crippen molar-refractivity contribution in [2.24, 2.45) is 4.99 Å². The van der Waals surface area contributed by atoms with E-state index >= 15 is 0 Å². The minimum absolute atomic E-state index is 0.0847. The number of rotatable bonds is 8. The molecule has 26 heavy (non-hydrogen) atoms. The molecule has 2 N–H and O–H groups in total. The number of guanidine groups is 1. The van der Waals surface area contributed by atoms with Crippen LogP contribution in [0.25, 0.3) is 0 Å². The van der Waals surface area contributed by atoms with E-state index in [1.807, 2.05) is 0 Å². The second-order valence-electron chi connectivity index (χ2n) is 7.93. The van der Waals surface area contributed by atoms with Gasteiger partial charge in [-0.1, -0.05) is 25.4 Å². The van der Waals surface area contributed by atoms with Gasteiger partial charge < -0.3 is 15.2 Å². The summed E-state index contributed by atoms with van der Waals surface area (Å²) in [7, 11) is 0. The maximum atomic E-state index is 5.29. The number of nitrogens with one attached hydrogen (secondary N) is 2. The highest BCUT2D eigenvalue weighted by Gasteiger charge is 2.27. The van der Waals surface area contributed by atoms with Crippen LogP contribution in [0.3, 0.4) is 0 Å².